The van der Waals surface area contributed by atoms with Crippen LogP contribution in [0.4, 0.5) is 0 Å². The zero-order valence-corrected chi connectivity index (χ0v) is 11.5. The third-order valence-electron chi connectivity index (χ3n) is 3.47. The van der Waals surface area contributed by atoms with Gasteiger partial charge in [0.2, 0.25) is 15.9 Å². The van der Waals surface area contributed by atoms with Crippen LogP contribution in [0.1, 0.15) is 38.5 Å². The number of rotatable bonds is 6. The van der Waals surface area contributed by atoms with Crippen molar-refractivity contribution in [1.29, 1.82) is 0 Å². The van der Waals surface area contributed by atoms with Crippen molar-refractivity contribution in [2.75, 3.05) is 12.3 Å². The maximum absolute atomic E-state index is 11.7. The van der Waals surface area contributed by atoms with E-state index in [1.54, 1.807) is 0 Å². The fraction of sp³-hybridized carbons (Fsp3) is 0.818. The minimum absolute atomic E-state index is 0.0899. The highest BCUT2D eigenvalue weighted by molar-refractivity contribution is 7.89. The van der Waals surface area contributed by atoms with Gasteiger partial charge in [-0.05, 0) is 12.8 Å². The number of nitrogens with one attached hydrogen (secondary N) is 1. The number of aliphatic carboxylic acids is 1. The van der Waals surface area contributed by atoms with Crippen LogP contribution < -0.4 is 10.5 Å². The molecule has 19 heavy (non-hydrogen) atoms. The standard InChI is InChI=1S/C11H20N2O5S/c12-19(17,18)7-6-13-9(14)8-11(10(15)16)4-2-1-3-5-11/h1-8H2,(H,13,14)(H,15,16)(H2,12,17,18). The van der Waals surface area contributed by atoms with Gasteiger partial charge >= 0.3 is 5.97 Å². The minimum atomic E-state index is -3.62. The maximum atomic E-state index is 11.7. The molecule has 0 atom stereocenters. The molecule has 1 saturated carbocycles. The molecule has 1 rings (SSSR count). The van der Waals surface area contributed by atoms with Gasteiger partial charge in [-0.1, -0.05) is 19.3 Å². The Balaban J connectivity index is 2.51. The summed E-state index contributed by atoms with van der Waals surface area (Å²) in [5, 5.41) is 16.5. The highest BCUT2D eigenvalue weighted by Crippen LogP contribution is 2.39. The average Bonchev–Trinajstić information content (AvgIpc) is 2.28. The molecule has 0 aromatic heterocycles. The van der Waals surface area contributed by atoms with E-state index in [2.05, 4.69) is 5.32 Å². The molecule has 7 nitrogen and oxygen atoms in total. The van der Waals surface area contributed by atoms with E-state index in [4.69, 9.17) is 5.14 Å². The smallest absolute Gasteiger partial charge is 0.310 e. The van der Waals surface area contributed by atoms with Gasteiger partial charge in [-0.3, -0.25) is 9.59 Å². The van der Waals surface area contributed by atoms with Gasteiger partial charge in [-0.2, -0.15) is 0 Å². The van der Waals surface area contributed by atoms with Gasteiger partial charge in [-0.25, -0.2) is 13.6 Å². The van der Waals surface area contributed by atoms with Crippen molar-refractivity contribution in [3.05, 3.63) is 0 Å². The lowest BCUT2D eigenvalue weighted by Gasteiger charge is -2.32. The molecule has 1 aliphatic carbocycles. The summed E-state index contributed by atoms with van der Waals surface area (Å²) in [6.07, 6.45) is 3.47. The number of sulfonamides is 1. The molecular weight excluding hydrogens is 272 g/mol. The Bertz CT molecular complexity index is 440. The largest absolute Gasteiger partial charge is 0.481 e. The topological polar surface area (TPSA) is 127 Å². The molecule has 0 heterocycles. The zero-order valence-electron chi connectivity index (χ0n) is 10.7. The first kappa shape index (κ1) is 15.9. The maximum Gasteiger partial charge on any atom is 0.310 e. The van der Waals surface area contributed by atoms with Crippen LogP contribution in [0.2, 0.25) is 0 Å². The lowest BCUT2D eigenvalue weighted by Crippen LogP contribution is -2.40. The summed E-state index contributed by atoms with van der Waals surface area (Å²) in [4.78, 5) is 23.0. The molecule has 0 aromatic rings. The highest BCUT2D eigenvalue weighted by Gasteiger charge is 2.41. The first-order valence-corrected chi connectivity index (χ1v) is 7.97. The SMILES string of the molecule is NS(=O)(=O)CCNC(=O)CC1(C(=O)O)CCCCC1. The summed E-state index contributed by atoms with van der Waals surface area (Å²) in [5.41, 5.74) is -0.996. The van der Waals surface area contributed by atoms with Crippen molar-refractivity contribution < 1.29 is 23.1 Å². The van der Waals surface area contributed by atoms with Crippen LogP contribution in [0.3, 0.4) is 0 Å². The van der Waals surface area contributed by atoms with Gasteiger partial charge < -0.3 is 10.4 Å². The zero-order chi connectivity index (χ0) is 14.5. The van der Waals surface area contributed by atoms with Gasteiger partial charge in [0.1, 0.15) is 0 Å². The summed E-state index contributed by atoms with van der Waals surface area (Å²) in [6, 6.07) is 0. The molecule has 0 radical (unpaired) electrons. The first-order valence-electron chi connectivity index (χ1n) is 6.26. The van der Waals surface area contributed by atoms with E-state index in [0.29, 0.717) is 12.8 Å². The molecule has 1 fully saturated rings. The van der Waals surface area contributed by atoms with Crippen molar-refractivity contribution >= 4 is 21.9 Å². The van der Waals surface area contributed by atoms with E-state index in [-0.39, 0.29) is 18.7 Å². The summed E-state index contributed by atoms with van der Waals surface area (Å²) in [7, 11) is -3.62. The third-order valence-corrected chi connectivity index (χ3v) is 4.25. The first-order chi connectivity index (χ1) is 8.75. The van der Waals surface area contributed by atoms with Crippen LogP contribution in [0.15, 0.2) is 0 Å². The fourth-order valence-corrected chi connectivity index (χ4v) is 2.78. The third kappa shape index (κ3) is 5.15. The van der Waals surface area contributed by atoms with Gasteiger partial charge in [0.15, 0.2) is 0 Å². The molecule has 4 N–H and O–H groups in total. The summed E-state index contributed by atoms with van der Waals surface area (Å²) in [5.74, 6) is -1.74. The molecule has 0 spiro atoms. The predicted molar refractivity (Wildman–Crippen MR) is 68.8 cm³/mol. The van der Waals surface area contributed by atoms with Crippen LogP contribution in [0.25, 0.3) is 0 Å². The molecule has 1 amide bonds. The predicted octanol–water partition coefficient (Wildman–Crippen LogP) is -0.184. The molecule has 0 bridgehead atoms. The number of amides is 1. The molecule has 8 heteroatoms. The second-order valence-electron chi connectivity index (χ2n) is 5.04. The average molecular weight is 292 g/mol. The number of carboxylic acids is 1. The van der Waals surface area contributed by atoms with E-state index in [1.165, 1.54) is 0 Å². The molecular formula is C11H20N2O5S. The van der Waals surface area contributed by atoms with E-state index >= 15 is 0 Å². The second-order valence-corrected chi connectivity index (χ2v) is 6.77. The van der Waals surface area contributed by atoms with Crippen LogP contribution in [-0.2, 0) is 19.6 Å². The van der Waals surface area contributed by atoms with Crippen LogP contribution in [0, 0.1) is 5.41 Å². The van der Waals surface area contributed by atoms with Crippen LogP contribution in [-0.4, -0.2) is 37.7 Å². The van der Waals surface area contributed by atoms with Crippen molar-refractivity contribution in [2.45, 2.75) is 38.5 Å². The molecule has 0 unspecified atom stereocenters. The Kier molecular flexibility index (Phi) is 5.30. The number of carbonyl (C=O) groups is 2. The second kappa shape index (κ2) is 6.33. The Morgan fingerprint density at radius 2 is 1.79 bits per heavy atom. The van der Waals surface area contributed by atoms with Gasteiger partial charge in [0, 0.05) is 13.0 Å². The Hall–Kier alpha value is -1.15. The van der Waals surface area contributed by atoms with E-state index in [9.17, 15) is 23.1 Å². The number of hydrogen-bond donors (Lipinski definition) is 3. The summed E-state index contributed by atoms with van der Waals surface area (Å²) >= 11 is 0. The number of carbonyl (C=O) groups excluding carboxylic acids is 1. The number of hydrogen-bond acceptors (Lipinski definition) is 4. The highest BCUT2D eigenvalue weighted by atomic mass is 32.2. The summed E-state index contributed by atoms with van der Waals surface area (Å²) < 4.78 is 21.4. The number of carboxylic acid groups (broad SMARTS) is 1. The van der Waals surface area contributed by atoms with Crippen molar-refractivity contribution in [2.24, 2.45) is 10.6 Å². The van der Waals surface area contributed by atoms with Gasteiger partial charge in [0.25, 0.3) is 0 Å². The van der Waals surface area contributed by atoms with Crippen molar-refractivity contribution in [3.63, 3.8) is 0 Å². The molecule has 110 valence electrons. The molecule has 0 aliphatic heterocycles. The molecule has 0 saturated heterocycles. The fourth-order valence-electron chi connectivity index (χ4n) is 2.40. The van der Waals surface area contributed by atoms with Gasteiger partial charge in [0.05, 0.1) is 11.2 Å². The normalized spacial score (nSPS) is 18.8. The monoisotopic (exact) mass is 292 g/mol. The van der Waals surface area contributed by atoms with Crippen LogP contribution in [0.5, 0.6) is 0 Å². The van der Waals surface area contributed by atoms with E-state index < -0.39 is 27.3 Å². The van der Waals surface area contributed by atoms with Crippen LogP contribution >= 0.6 is 0 Å². The molecule has 0 aromatic carbocycles. The number of primary sulfonamides is 1. The quantitative estimate of drug-likeness (QED) is 0.625. The summed E-state index contributed by atoms with van der Waals surface area (Å²) in [6.45, 7) is -0.0899. The van der Waals surface area contributed by atoms with E-state index in [1.807, 2.05) is 0 Å². The lowest BCUT2D eigenvalue weighted by atomic mass is 9.71. The Morgan fingerprint density at radius 3 is 2.26 bits per heavy atom. The Labute approximate surface area is 112 Å². The lowest BCUT2D eigenvalue weighted by molar-refractivity contribution is -0.154. The number of nitrogens with two attached hydrogens (primary N) is 1. The van der Waals surface area contributed by atoms with E-state index in [0.717, 1.165) is 19.3 Å². The van der Waals surface area contributed by atoms with Crippen molar-refractivity contribution in [1.82, 2.24) is 5.32 Å². The minimum Gasteiger partial charge on any atom is -0.481 e. The Morgan fingerprint density at radius 1 is 1.21 bits per heavy atom. The molecule has 1 aliphatic rings. The van der Waals surface area contributed by atoms with Crippen molar-refractivity contribution in [3.8, 4) is 0 Å². The van der Waals surface area contributed by atoms with Gasteiger partial charge in [-0.15, -0.1) is 0 Å².